The van der Waals surface area contributed by atoms with Gasteiger partial charge in [0.15, 0.2) is 0 Å². The number of sulfonamides is 1. The van der Waals surface area contributed by atoms with E-state index in [1.807, 2.05) is 6.92 Å². The third-order valence-electron chi connectivity index (χ3n) is 7.04. The molecule has 2 aromatic carbocycles. The first-order valence-electron chi connectivity index (χ1n) is 11.8. The van der Waals surface area contributed by atoms with Crippen LogP contribution in [0.15, 0.2) is 53.8 Å². The van der Waals surface area contributed by atoms with Gasteiger partial charge in [-0.3, -0.25) is 4.90 Å². The predicted molar refractivity (Wildman–Crippen MR) is 130 cm³/mol. The first kappa shape index (κ1) is 23.2. The first-order valence-corrected chi connectivity index (χ1v) is 13.2. The van der Waals surface area contributed by atoms with Crippen molar-refractivity contribution in [1.29, 1.82) is 0 Å². The molecule has 188 valence electrons. The van der Waals surface area contributed by atoms with E-state index in [2.05, 4.69) is 32.3 Å². The van der Waals surface area contributed by atoms with E-state index < -0.39 is 10.0 Å². The number of aromatic nitrogens is 5. The number of fused-ring (bicyclic) bond motifs is 1. The van der Waals surface area contributed by atoms with Crippen LogP contribution in [-0.4, -0.2) is 81.3 Å². The predicted octanol–water partition coefficient (Wildman–Crippen LogP) is 2.05. The van der Waals surface area contributed by atoms with Crippen molar-refractivity contribution in [2.75, 3.05) is 32.8 Å². The lowest BCUT2D eigenvalue weighted by Crippen LogP contribution is -2.58. The van der Waals surface area contributed by atoms with E-state index in [1.165, 1.54) is 27.4 Å². The van der Waals surface area contributed by atoms with Crippen molar-refractivity contribution in [3.8, 4) is 5.69 Å². The molecular weight excluding hydrogens is 485 g/mol. The molecule has 12 heteroatoms. The highest BCUT2D eigenvalue weighted by molar-refractivity contribution is 7.89. The summed E-state index contributed by atoms with van der Waals surface area (Å²) in [5.74, 6) is -0.299. The van der Waals surface area contributed by atoms with Crippen molar-refractivity contribution >= 4 is 20.9 Å². The maximum atomic E-state index is 13.4. The molecule has 0 spiro atoms. The Balaban J connectivity index is 1.38. The molecule has 0 N–H and O–H groups in total. The van der Waals surface area contributed by atoms with Crippen molar-refractivity contribution in [3.05, 3.63) is 65.7 Å². The van der Waals surface area contributed by atoms with Crippen molar-refractivity contribution in [1.82, 2.24) is 34.0 Å². The second-order valence-corrected chi connectivity index (χ2v) is 11.2. The van der Waals surface area contributed by atoms with E-state index in [0.717, 1.165) is 27.7 Å². The molecule has 2 fully saturated rings. The van der Waals surface area contributed by atoms with Crippen LogP contribution in [0.25, 0.3) is 16.6 Å². The molecule has 1 atom stereocenters. The van der Waals surface area contributed by atoms with Crippen molar-refractivity contribution < 1.29 is 17.5 Å². The fraction of sp³-hybridized carbons (Fsp3) is 0.375. The largest absolute Gasteiger partial charge is 0.378 e. The Morgan fingerprint density at radius 3 is 2.50 bits per heavy atom. The Bertz CT molecular complexity index is 1530. The molecule has 2 saturated heterocycles. The summed E-state index contributed by atoms with van der Waals surface area (Å²) < 4.78 is 48.9. The molecule has 0 unspecified atom stereocenters. The first-order chi connectivity index (χ1) is 17.3. The van der Waals surface area contributed by atoms with Crippen LogP contribution >= 0.6 is 0 Å². The molecule has 6 rings (SSSR count). The molecule has 0 radical (unpaired) electrons. The summed E-state index contributed by atoms with van der Waals surface area (Å²) >= 11 is 0. The van der Waals surface area contributed by atoms with Gasteiger partial charge in [-0.05, 0) is 54.4 Å². The summed E-state index contributed by atoms with van der Waals surface area (Å²) in [6.07, 6.45) is 3.08. The van der Waals surface area contributed by atoms with Gasteiger partial charge >= 0.3 is 0 Å². The third-order valence-corrected chi connectivity index (χ3v) is 8.77. The molecule has 2 aromatic heterocycles. The van der Waals surface area contributed by atoms with Crippen LogP contribution in [0.4, 0.5) is 4.39 Å². The molecule has 4 heterocycles. The van der Waals surface area contributed by atoms with E-state index in [0.29, 0.717) is 32.8 Å². The summed E-state index contributed by atoms with van der Waals surface area (Å²) in [5, 5.41) is 13.4. The lowest BCUT2D eigenvalue weighted by Gasteiger charge is -2.47. The Morgan fingerprint density at radius 1 is 1.06 bits per heavy atom. The fourth-order valence-corrected chi connectivity index (χ4v) is 6.37. The lowest BCUT2D eigenvalue weighted by molar-refractivity contribution is -0.0912. The SMILES string of the molecule is Cc1cc2c(cnn2-c2ccc(F)cc2)cc1[C@H]1CN(S(=O)(=O)c2cnn(C)n2)CCN1C1COC1. The van der Waals surface area contributed by atoms with Gasteiger partial charge in [-0.1, -0.05) is 0 Å². The number of aryl methyl sites for hydroxylation is 2. The Kier molecular flexibility index (Phi) is 5.63. The molecule has 2 aliphatic rings. The summed E-state index contributed by atoms with van der Waals surface area (Å²) in [7, 11) is -2.18. The average molecular weight is 512 g/mol. The molecule has 0 aliphatic carbocycles. The molecule has 36 heavy (non-hydrogen) atoms. The lowest BCUT2D eigenvalue weighted by atomic mass is 9.95. The van der Waals surface area contributed by atoms with E-state index in [9.17, 15) is 12.8 Å². The van der Waals surface area contributed by atoms with E-state index in [-0.39, 0.29) is 22.9 Å². The molecule has 0 saturated carbocycles. The standard InChI is InChI=1S/C24H26FN7O3S/c1-16-9-22-17(11-27-32(22)19-5-3-18(25)4-6-19)10-21(16)23-13-30(7-8-31(23)20-14-35-15-20)36(33,34)24-12-26-29(2)28-24/h3-6,9-12,20,23H,7-8,13-15H2,1-2H3/t23-/m1/s1. The second-order valence-electron chi connectivity index (χ2n) is 9.28. The van der Waals surface area contributed by atoms with Gasteiger partial charge < -0.3 is 4.74 Å². The Hall–Kier alpha value is -3.19. The van der Waals surface area contributed by atoms with E-state index in [1.54, 1.807) is 30.1 Å². The molecule has 2 aliphatic heterocycles. The van der Waals surface area contributed by atoms with Crippen LogP contribution in [0, 0.1) is 12.7 Å². The van der Waals surface area contributed by atoms with Crippen LogP contribution in [0.3, 0.4) is 0 Å². The van der Waals surface area contributed by atoms with Crippen LogP contribution in [0.1, 0.15) is 17.2 Å². The van der Waals surface area contributed by atoms with Gasteiger partial charge in [-0.15, -0.1) is 5.10 Å². The molecular formula is C24H26FN7O3S. The molecule has 4 aromatic rings. The number of piperazine rings is 1. The van der Waals surface area contributed by atoms with Crippen LogP contribution in [-0.2, 0) is 21.8 Å². The number of ether oxygens (including phenoxy) is 1. The summed E-state index contributed by atoms with van der Waals surface area (Å²) in [5.41, 5.74) is 3.75. The maximum Gasteiger partial charge on any atom is 0.264 e. The van der Waals surface area contributed by atoms with Gasteiger partial charge in [-0.2, -0.15) is 19.3 Å². The minimum Gasteiger partial charge on any atom is -0.378 e. The number of halogens is 1. The zero-order valence-electron chi connectivity index (χ0n) is 20.0. The highest BCUT2D eigenvalue weighted by atomic mass is 32.2. The number of nitrogens with zero attached hydrogens (tertiary/aromatic N) is 7. The van der Waals surface area contributed by atoms with Crippen LogP contribution in [0.2, 0.25) is 0 Å². The Labute approximate surface area is 207 Å². The molecule has 0 bridgehead atoms. The minimum atomic E-state index is -3.78. The number of hydrogen-bond acceptors (Lipinski definition) is 7. The van der Waals surface area contributed by atoms with Gasteiger partial charge in [0.05, 0.1) is 42.9 Å². The monoisotopic (exact) mass is 511 g/mol. The summed E-state index contributed by atoms with van der Waals surface area (Å²) in [6.45, 7) is 4.56. The van der Waals surface area contributed by atoms with Gasteiger partial charge in [0, 0.05) is 38.1 Å². The second kappa shape index (κ2) is 8.73. The quantitative estimate of drug-likeness (QED) is 0.404. The maximum absolute atomic E-state index is 13.4. The normalized spacial score (nSPS) is 20.1. The zero-order chi connectivity index (χ0) is 25.0. The highest BCUT2D eigenvalue weighted by Gasteiger charge is 2.41. The summed E-state index contributed by atoms with van der Waals surface area (Å²) in [4.78, 5) is 3.61. The highest BCUT2D eigenvalue weighted by Crippen LogP contribution is 2.35. The van der Waals surface area contributed by atoms with Gasteiger partial charge in [-0.25, -0.2) is 17.5 Å². The van der Waals surface area contributed by atoms with Crippen molar-refractivity contribution in [3.63, 3.8) is 0 Å². The van der Waals surface area contributed by atoms with Crippen LogP contribution < -0.4 is 0 Å². The van der Waals surface area contributed by atoms with Crippen LogP contribution in [0.5, 0.6) is 0 Å². The van der Waals surface area contributed by atoms with Gasteiger partial charge in [0.1, 0.15) is 5.82 Å². The van der Waals surface area contributed by atoms with Crippen molar-refractivity contribution in [2.24, 2.45) is 7.05 Å². The number of benzene rings is 2. The number of rotatable bonds is 5. The third kappa shape index (κ3) is 3.90. The molecule has 10 nitrogen and oxygen atoms in total. The fourth-order valence-electron chi connectivity index (χ4n) is 5.04. The van der Waals surface area contributed by atoms with Crippen molar-refractivity contribution in [2.45, 2.75) is 24.0 Å². The smallest absolute Gasteiger partial charge is 0.264 e. The zero-order valence-corrected chi connectivity index (χ0v) is 20.8. The number of hydrogen-bond donors (Lipinski definition) is 0. The van der Waals surface area contributed by atoms with Gasteiger partial charge in [0.2, 0.25) is 5.03 Å². The topological polar surface area (TPSA) is 98.4 Å². The average Bonchev–Trinajstić information content (AvgIpc) is 3.45. The molecule has 0 amide bonds. The van der Waals surface area contributed by atoms with E-state index in [4.69, 9.17) is 4.74 Å². The van der Waals surface area contributed by atoms with E-state index >= 15 is 0 Å². The Morgan fingerprint density at radius 2 is 1.83 bits per heavy atom. The summed E-state index contributed by atoms with van der Waals surface area (Å²) in [6, 6.07) is 10.5. The van der Waals surface area contributed by atoms with Gasteiger partial charge in [0.25, 0.3) is 10.0 Å². The minimum absolute atomic E-state index is 0.0445.